The number of fused-ring (bicyclic) bond motifs is 1. The van der Waals surface area contributed by atoms with Crippen molar-refractivity contribution in [2.24, 2.45) is 5.92 Å². The van der Waals surface area contributed by atoms with Crippen molar-refractivity contribution in [2.45, 2.75) is 38.4 Å². The molecule has 0 aliphatic carbocycles. The van der Waals surface area contributed by atoms with E-state index in [1.165, 1.54) is 5.56 Å². The Balaban J connectivity index is 1.33. The predicted octanol–water partition coefficient (Wildman–Crippen LogP) is 4.33. The van der Waals surface area contributed by atoms with Gasteiger partial charge >= 0.3 is 0 Å². The molecule has 37 heavy (non-hydrogen) atoms. The fourth-order valence-corrected chi connectivity index (χ4v) is 5.63. The van der Waals surface area contributed by atoms with Gasteiger partial charge in [-0.15, -0.1) is 0 Å². The first-order valence-electron chi connectivity index (χ1n) is 13.2. The number of nitrogens with zero attached hydrogens (tertiary/aromatic N) is 2. The molecule has 0 bridgehead atoms. The highest BCUT2D eigenvalue weighted by Crippen LogP contribution is 2.38. The fourth-order valence-electron chi connectivity index (χ4n) is 5.63. The summed E-state index contributed by atoms with van der Waals surface area (Å²) in [6.45, 7) is 7.61. The molecule has 1 unspecified atom stereocenters. The lowest BCUT2D eigenvalue weighted by molar-refractivity contribution is 0.0538. The molecule has 1 saturated heterocycles. The molecule has 2 aliphatic rings. The van der Waals surface area contributed by atoms with Crippen LogP contribution < -0.4 is 14.8 Å². The van der Waals surface area contributed by atoms with E-state index in [2.05, 4.69) is 64.4 Å². The van der Waals surface area contributed by atoms with E-state index in [0.29, 0.717) is 38.3 Å². The molecular weight excluding hydrogens is 466 g/mol. The van der Waals surface area contributed by atoms with Crippen LogP contribution in [-0.2, 0) is 17.8 Å². The number of aromatic nitrogens is 1. The molecule has 7 nitrogen and oxygen atoms in total. The predicted molar refractivity (Wildman–Crippen MR) is 143 cm³/mol. The molecule has 0 spiro atoms. The second-order valence-corrected chi connectivity index (χ2v) is 9.98. The first-order chi connectivity index (χ1) is 18.1. The molecular formula is C30H37N3O4. The largest absolute Gasteiger partial charge is 0.493 e. The SMILES string of the molecule is COCCOc1cccc([C@@H]2CCN(CCn3cccc3)[C@H](C)C2COc2ccc3c(c2)C(=O)NC3)c1. The number of carbonyl (C=O) groups excluding carboxylic acids is 1. The van der Waals surface area contributed by atoms with E-state index >= 15 is 0 Å². The van der Waals surface area contributed by atoms with Gasteiger partial charge in [0.25, 0.3) is 5.91 Å². The highest BCUT2D eigenvalue weighted by Gasteiger charge is 2.37. The van der Waals surface area contributed by atoms with Gasteiger partial charge in [0, 0.05) is 56.7 Å². The third kappa shape index (κ3) is 6.00. The summed E-state index contributed by atoms with van der Waals surface area (Å²) in [5.41, 5.74) is 3.04. The molecule has 3 heterocycles. The number of hydrogen-bond donors (Lipinski definition) is 1. The standard InChI is InChI=1S/C30H37N3O4/c1-22-29(21-37-26-9-8-24-20-31-30(34)28(24)19-26)27(10-13-33(22)15-14-32-11-3-4-12-32)23-6-5-7-25(18-23)36-17-16-35-2/h3-9,11-12,18-19,22,27,29H,10,13-17,20-21H2,1-2H3,(H,31,34)/t22-,27+,29?/m1/s1. The normalized spacial score (nSPS) is 21.5. The average molecular weight is 504 g/mol. The van der Waals surface area contributed by atoms with Crippen molar-refractivity contribution in [1.29, 1.82) is 0 Å². The van der Waals surface area contributed by atoms with Gasteiger partial charge < -0.3 is 24.1 Å². The zero-order chi connectivity index (χ0) is 25.6. The number of piperidine rings is 1. The van der Waals surface area contributed by atoms with E-state index in [9.17, 15) is 4.79 Å². The first kappa shape index (κ1) is 25.4. The van der Waals surface area contributed by atoms with Crippen LogP contribution in [0.2, 0.25) is 0 Å². The van der Waals surface area contributed by atoms with Gasteiger partial charge in [-0.05, 0) is 73.3 Å². The van der Waals surface area contributed by atoms with Crippen LogP contribution in [0, 0.1) is 5.92 Å². The van der Waals surface area contributed by atoms with Gasteiger partial charge in [0.1, 0.15) is 18.1 Å². The van der Waals surface area contributed by atoms with E-state index in [0.717, 1.165) is 48.7 Å². The second kappa shape index (κ2) is 11.8. The van der Waals surface area contributed by atoms with Crippen LogP contribution in [0.4, 0.5) is 0 Å². The third-order valence-corrected chi connectivity index (χ3v) is 7.80. The lowest BCUT2D eigenvalue weighted by Crippen LogP contribution is -2.49. The van der Waals surface area contributed by atoms with E-state index < -0.39 is 0 Å². The van der Waals surface area contributed by atoms with E-state index in [4.69, 9.17) is 14.2 Å². The summed E-state index contributed by atoms with van der Waals surface area (Å²) < 4.78 is 19.7. The molecule has 1 aromatic heterocycles. The van der Waals surface area contributed by atoms with Crippen LogP contribution in [0.25, 0.3) is 0 Å². The van der Waals surface area contributed by atoms with Gasteiger partial charge in [0.05, 0.1) is 13.2 Å². The molecule has 196 valence electrons. The van der Waals surface area contributed by atoms with Gasteiger partial charge in [0.15, 0.2) is 0 Å². The van der Waals surface area contributed by atoms with Gasteiger partial charge in [-0.1, -0.05) is 18.2 Å². The minimum Gasteiger partial charge on any atom is -0.493 e. The number of nitrogens with one attached hydrogen (secondary N) is 1. The topological polar surface area (TPSA) is 65.0 Å². The zero-order valence-corrected chi connectivity index (χ0v) is 21.8. The van der Waals surface area contributed by atoms with E-state index in [-0.39, 0.29) is 11.8 Å². The molecule has 2 aliphatic heterocycles. The van der Waals surface area contributed by atoms with Gasteiger partial charge in [-0.3, -0.25) is 9.69 Å². The molecule has 1 amide bonds. The molecule has 1 fully saturated rings. The summed E-state index contributed by atoms with van der Waals surface area (Å²) in [6.07, 6.45) is 5.30. The van der Waals surface area contributed by atoms with Gasteiger partial charge in [-0.2, -0.15) is 0 Å². The number of hydrogen-bond acceptors (Lipinski definition) is 5. The Bertz CT molecular complexity index is 1180. The monoisotopic (exact) mass is 503 g/mol. The van der Waals surface area contributed by atoms with Crippen molar-refractivity contribution in [3.8, 4) is 11.5 Å². The minimum atomic E-state index is -0.0224. The van der Waals surface area contributed by atoms with Crippen molar-refractivity contribution >= 4 is 5.91 Å². The zero-order valence-electron chi connectivity index (χ0n) is 21.8. The van der Waals surface area contributed by atoms with Crippen molar-refractivity contribution in [1.82, 2.24) is 14.8 Å². The lowest BCUT2D eigenvalue weighted by atomic mass is 9.76. The summed E-state index contributed by atoms with van der Waals surface area (Å²) >= 11 is 0. The quantitative estimate of drug-likeness (QED) is 0.395. The minimum absolute atomic E-state index is 0.0224. The fraction of sp³-hybridized carbons (Fsp3) is 0.433. The maximum atomic E-state index is 12.2. The van der Waals surface area contributed by atoms with E-state index in [1.807, 2.05) is 24.3 Å². The van der Waals surface area contributed by atoms with Gasteiger partial charge in [0.2, 0.25) is 0 Å². The van der Waals surface area contributed by atoms with Crippen LogP contribution >= 0.6 is 0 Å². The Morgan fingerprint density at radius 2 is 1.81 bits per heavy atom. The number of ether oxygens (including phenoxy) is 3. The Morgan fingerprint density at radius 1 is 0.973 bits per heavy atom. The van der Waals surface area contributed by atoms with Crippen LogP contribution in [0.15, 0.2) is 67.0 Å². The molecule has 3 atom stereocenters. The Hall–Kier alpha value is -3.29. The number of methoxy groups -OCH3 is 1. The molecule has 7 heteroatoms. The molecule has 5 rings (SSSR count). The van der Waals surface area contributed by atoms with Crippen molar-refractivity contribution in [3.63, 3.8) is 0 Å². The molecule has 3 aromatic rings. The van der Waals surface area contributed by atoms with Crippen LogP contribution in [0.3, 0.4) is 0 Å². The summed E-state index contributed by atoms with van der Waals surface area (Å²) in [5.74, 6) is 2.24. The Morgan fingerprint density at radius 3 is 2.65 bits per heavy atom. The number of amides is 1. The third-order valence-electron chi connectivity index (χ3n) is 7.80. The Kier molecular flexibility index (Phi) is 8.12. The molecule has 0 saturated carbocycles. The second-order valence-electron chi connectivity index (χ2n) is 9.98. The van der Waals surface area contributed by atoms with Crippen LogP contribution in [0.1, 0.15) is 40.7 Å². The Labute approximate surface area is 219 Å². The number of benzene rings is 2. The molecule has 1 N–H and O–H groups in total. The summed E-state index contributed by atoms with van der Waals surface area (Å²) in [5, 5.41) is 2.89. The van der Waals surface area contributed by atoms with Crippen LogP contribution in [-0.4, -0.2) is 61.4 Å². The van der Waals surface area contributed by atoms with E-state index in [1.54, 1.807) is 7.11 Å². The molecule has 2 aromatic carbocycles. The summed E-state index contributed by atoms with van der Waals surface area (Å²) in [7, 11) is 1.68. The average Bonchev–Trinajstić information content (AvgIpc) is 3.57. The highest BCUT2D eigenvalue weighted by atomic mass is 16.5. The lowest BCUT2D eigenvalue weighted by Gasteiger charge is -2.44. The summed E-state index contributed by atoms with van der Waals surface area (Å²) in [6, 6.07) is 18.8. The maximum absolute atomic E-state index is 12.2. The van der Waals surface area contributed by atoms with Crippen molar-refractivity contribution in [2.75, 3.05) is 40.0 Å². The highest BCUT2D eigenvalue weighted by molar-refractivity contribution is 5.98. The first-order valence-corrected chi connectivity index (χ1v) is 13.2. The number of carbonyl (C=O) groups is 1. The van der Waals surface area contributed by atoms with Gasteiger partial charge in [-0.25, -0.2) is 0 Å². The number of likely N-dealkylation sites (tertiary alicyclic amines) is 1. The number of rotatable bonds is 11. The van der Waals surface area contributed by atoms with Crippen molar-refractivity contribution < 1.29 is 19.0 Å². The smallest absolute Gasteiger partial charge is 0.252 e. The van der Waals surface area contributed by atoms with Crippen molar-refractivity contribution in [3.05, 3.63) is 83.7 Å². The van der Waals surface area contributed by atoms with Crippen LogP contribution in [0.5, 0.6) is 11.5 Å². The molecule has 0 radical (unpaired) electrons. The summed E-state index contributed by atoms with van der Waals surface area (Å²) in [4.78, 5) is 14.7. The maximum Gasteiger partial charge on any atom is 0.252 e.